The summed E-state index contributed by atoms with van der Waals surface area (Å²) in [6.45, 7) is 0. The first-order chi connectivity index (χ1) is 12.9. The van der Waals surface area contributed by atoms with Gasteiger partial charge in [-0.1, -0.05) is 104 Å². The van der Waals surface area contributed by atoms with Crippen molar-refractivity contribution >= 4 is 16.8 Å². The second-order valence-corrected chi connectivity index (χ2v) is 8.09. The maximum atomic E-state index is 2.51. The summed E-state index contributed by atoms with van der Waals surface area (Å²) in [6, 6.07) is 22.3. The zero-order chi connectivity index (χ0) is 17.3. The van der Waals surface area contributed by atoms with Crippen LogP contribution in [0.5, 0.6) is 0 Å². The Hall–Kier alpha value is -2.34. The van der Waals surface area contributed by atoms with Crippen LogP contribution in [0, 0.1) is 5.92 Å². The van der Waals surface area contributed by atoms with E-state index < -0.39 is 0 Å². The first-order valence-corrected chi connectivity index (χ1v) is 10.2. The van der Waals surface area contributed by atoms with Gasteiger partial charge in [0.05, 0.1) is 0 Å². The first kappa shape index (κ1) is 15.9. The molecule has 0 radical (unpaired) electrons. The molecule has 1 saturated carbocycles. The molecule has 26 heavy (non-hydrogen) atoms. The Bertz CT molecular complexity index is 965. The van der Waals surface area contributed by atoms with Crippen molar-refractivity contribution in [2.75, 3.05) is 0 Å². The Balaban J connectivity index is 1.54. The molecule has 0 saturated heterocycles. The fourth-order valence-electron chi connectivity index (χ4n) is 5.03. The lowest BCUT2D eigenvalue weighted by Crippen LogP contribution is -2.07. The average Bonchev–Trinajstić information content (AvgIpc) is 3.11. The molecule has 0 heteroatoms. The Kier molecular flexibility index (Phi) is 4.13. The molecule has 2 aliphatic rings. The molecule has 1 fully saturated rings. The molecule has 0 spiro atoms. The maximum absolute atomic E-state index is 2.51. The van der Waals surface area contributed by atoms with E-state index in [1.54, 1.807) is 5.57 Å². The predicted molar refractivity (Wildman–Crippen MR) is 112 cm³/mol. The van der Waals surface area contributed by atoms with E-state index in [1.807, 2.05) is 0 Å². The minimum atomic E-state index is 0.922. The molecule has 3 aromatic rings. The second-order valence-electron chi connectivity index (χ2n) is 8.09. The summed E-state index contributed by atoms with van der Waals surface area (Å²) in [6.07, 6.45) is 12.2. The highest BCUT2D eigenvalue weighted by atomic mass is 14.3. The summed E-state index contributed by atoms with van der Waals surface area (Å²) in [7, 11) is 0. The van der Waals surface area contributed by atoms with E-state index in [9.17, 15) is 0 Å². The third-order valence-corrected chi connectivity index (χ3v) is 6.32. The van der Waals surface area contributed by atoms with E-state index in [0.29, 0.717) is 0 Å². The zero-order valence-electron chi connectivity index (χ0n) is 15.4. The van der Waals surface area contributed by atoms with Crippen LogP contribution in [0.3, 0.4) is 0 Å². The van der Waals surface area contributed by atoms with Gasteiger partial charge in [-0.2, -0.15) is 0 Å². The van der Waals surface area contributed by atoms with Crippen LogP contribution in [0.4, 0.5) is 0 Å². The summed E-state index contributed by atoms with van der Waals surface area (Å²) in [5.41, 5.74) is 7.41. The molecule has 0 atom stereocenters. The van der Waals surface area contributed by atoms with Crippen LogP contribution in [0.15, 0.2) is 66.2 Å². The topological polar surface area (TPSA) is 0 Å². The fraction of sp³-hybridized carbons (Fsp3) is 0.308. The Morgan fingerprint density at radius 3 is 2.42 bits per heavy atom. The average molecular weight is 338 g/mol. The van der Waals surface area contributed by atoms with Crippen LogP contribution >= 0.6 is 0 Å². The molecule has 0 amide bonds. The fourth-order valence-corrected chi connectivity index (χ4v) is 5.03. The van der Waals surface area contributed by atoms with Crippen LogP contribution in [0.1, 0.15) is 49.7 Å². The summed E-state index contributed by atoms with van der Waals surface area (Å²) in [4.78, 5) is 0. The van der Waals surface area contributed by atoms with Crippen molar-refractivity contribution in [3.05, 3.63) is 77.4 Å². The van der Waals surface area contributed by atoms with Gasteiger partial charge in [-0.25, -0.2) is 0 Å². The third kappa shape index (κ3) is 2.88. The number of benzene rings is 3. The van der Waals surface area contributed by atoms with Crippen molar-refractivity contribution in [1.82, 2.24) is 0 Å². The van der Waals surface area contributed by atoms with Gasteiger partial charge in [0, 0.05) is 0 Å². The Morgan fingerprint density at radius 2 is 1.50 bits per heavy atom. The molecule has 130 valence electrons. The molecule has 3 aromatic carbocycles. The van der Waals surface area contributed by atoms with Gasteiger partial charge in [-0.15, -0.1) is 0 Å². The predicted octanol–water partition coefficient (Wildman–Crippen LogP) is 7.42. The van der Waals surface area contributed by atoms with Crippen molar-refractivity contribution in [1.29, 1.82) is 0 Å². The number of allylic oxidation sites excluding steroid dienone is 1. The highest BCUT2D eigenvalue weighted by molar-refractivity contribution is 5.99. The van der Waals surface area contributed by atoms with Gasteiger partial charge in [0.1, 0.15) is 0 Å². The van der Waals surface area contributed by atoms with Gasteiger partial charge in [-0.3, -0.25) is 0 Å². The molecule has 0 aliphatic heterocycles. The number of rotatable bonds is 3. The zero-order valence-corrected chi connectivity index (χ0v) is 15.4. The number of hydrogen-bond donors (Lipinski definition) is 0. The monoisotopic (exact) mass is 338 g/mol. The lowest BCUT2D eigenvalue weighted by Gasteiger charge is -2.21. The van der Waals surface area contributed by atoms with E-state index in [4.69, 9.17) is 0 Å². The Morgan fingerprint density at radius 1 is 0.731 bits per heavy atom. The molecular weight excluding hydrogens is 312 g/mol. The lowest BCUT2D eigenvalue weighted by molar-refractivity contribution is 0.355. The molecule has 0 bridgehead atoms. The molecular formula is C26H26. The van der Waals surface area contributed by atoms with E-state index in [0.717, 1.165) is 12.3 Å². The first-order valence-electron chi connectivity index (χ1n) is 10.2. The van der Waals surface area contributed by atoms with Gasteiger partial charge in [-0.05, 0) is 51.8 Å². The van der Waals surface area contributed by atoms with Crippen LogP contribution in [0.25, 0.3) is 28.0 Å². The molecule has 0 unspecified atom stereocenters. The van der Waals surface area contributed by atoms with Crippen molar-refractivity contribution in [2.45, 2.75) is 44.9 Å². The third-order valence-electron chi connectivity index (χ3n) is 6.32. The summed E-state index contributed by atoms with van der Waals surface area (Å²) < 4.78 is 0. The molecule has 2 aliphatic carbocycles. The quantitative estimate of drug-likeness (QED) is 0.466. The number of hydrogen-bond acceptors (Lipinski definition) is 0. The maximum Gasteiger partial charge on any atom is -0.00575 e. The smallest absolute Gasteiger partial charge is 0.00575 e. The van der Waals surface area contributed by atoms with Crippen molar-refractivity contribution in [3.63, 3.8) is 0 Å². The largest absolute Gasteiger partial charge is 0.0649 e. The van der Waals surface area contributed by atoms with Gasteiger partial charge in [0.2, 0.25) is 0 Å². The summed E-state index contributed by atoms with van der Waals surface area (Å²) in [5, 5.41) is 2.68. The lowest BCUT2D eigenvalue weighted by atomic mass is 9.84. The van der Waals surface area contributed by atoms with Crippen LogP contribution in [0.2, 0.25) is 0 Å². The summed E-state index contributed by atoms with van der Waals surface area (Å²) in [5.74, 6) is 0.922. The van der Waals surface area contributed by atoms with Crippen LogP contribution in [-0.2, 0) is 6.42 Å². The van der Waals surface area contributed by atoms with Gasteiger partial charge >= 0.3 is 0 Å². The highest BCUT2D eigenvalue weighted by Crippen LogP contribution is 2.40. The van der Waals surface area contributed by atoms with Crippen molar-refractivity contribution < 1.29 is 0 Å². The van der Waals surface area contributed by atoms with E-state index in [1.165, 1.54) is 71.6 Å². The number of fused-ring (bicyclic) bond motifs is 2. The van der Waals surface area contributed by atoms with E-state index in [2.05, 4.69) is 66.7 Å². The Labute approximate surface area is 156 Å². The SMILES string of the molecule is C1=C(CC2CCCCC2)Cc2cccc(-c3cccc4ccccc34)c21. The molecule has 0 heterocycles. The molecule has 0 N–H and O–H groups in total. The summed E-state index contributed by atoms with van der Waals surface area (Å²) >= 11 is 0. The second kappa shape index (κ2) is 6.76. The van der Waals surface area contributed by atoms with E-state index in [-0.39, 0.29) is 0 Å². The van der Waals surface area contributed by atoms with Crippen molar-refractivity contribution in [2.24, 2.45) is 5.92 Å². The molecule has 0 aromatic heterocycles. The van der Waals surface area contributed by atoms with Gasteiger partial charge < -0.3 is 0 Å². The van der Waals surface area contributed by atoms with E-state index >= 15 is 0 Å². The van der Waals surface area contributed by atoms with Crippen LogP contribution < -0.4 is 0 Å². The normalized spacial score (nSPS) is 17.3. The minimum absolute atomic E-state index is 0.922. The molecule has 0 nitrogen and oxygen atoms in total. The molecule has 5 rings (SSSR count). The minimum Gasteiger partial charge on any atom is -0.0649 e. The van der Waals surface area contributed by atoms with Crippen LogP contribution in [-0.4, -0.2) is 0 Å². The highest BCUT2D eigenvalue weighted by Gasteiger charge is 2.21. The van der Waals surface area contributed by atoms with Crippen molar-refractivity contribution in [3.8, 4) is 11.1 Å². The van der Waals surface area contributed by atoms with Gasteiger partial charge in [0.15, 0.2) is 0 Å². The standard InChI is InChI=1S/C26H26/c1-2-8-19(9-3-1)16-20-17-22-12-7-15-25(26(22)18-20)24-14-6-11-21-10-4-5-13-23(21)24/h4-7,10-15,18-19H,1-3,8-9,16-17H2. The van der Waals surface area contributed by atoms with Gasteiger partial charge in [0.25, 0.3) is 0 Å².